The molecule has 0 aromatic heterocycles. The van der Waals surface area contributed by atoms with Gasteiger partial charge in [-0.25, -0.2) is 0 Å². The Morgan fingerprint density at radius 3 is 2.05 bits per heavy atom. The molecule has 2 nitrogen and oxygen atoms in total. The van der Waals surface area contributed by atoms with Gasteiger partial charge in [0.1, 0.15) is 0 Å². The van der Waals surface area contributed by atoms with Crippen LogP contribution < -0.4 is 5.73 Å². The normalized spacial score (nSPS) is 30.8. The molecule has 2 saturated carbocycles. The lowest BCUT2D eigenvalue weighted by Crippen LogP contribution is -2.63. The Balaban J connectivity index is 1.55. The van der Waals surface area contributed by atoms with E-state index in [1.165, 1.54) is 83.7 Å². The lowest BCUT2D eigenvalue weighted by atomic mass is 9.71. The van der Waals surface area contributed by atoms with Gasteiger partial charge in [-0.05, 0) is 37.0 Å². The van der Waals surface area contributed by atoms with Gasteiger partial charge in [-0.15, -0.1) is 0 Å². The molecular formula is C17H32N2. The second-order valence-electron chi connectivity index (χ2n) is 7.52. The van der Waals surface area contributed by atoms with Crippen LogP contribution >= 0.6 is 0 Å². The number of nitrogens with two attached hydrogens (primary N) is 1. The van der Waals surface area contributed by atoms with Crippen LogP contribution in [0.4, 0.5) is 0 Å². The highest BCUT2D eigenvalue weighted by Crippen LogP contribution is 2.45. The molecule has 3 aliphatic rings. The van der Waals surface area contributed by atoms with Crippen LogP contribution in [-0.4, -0.2) is 30.6 Å². The molecule has 1 spiro atoms. The lowest BCUT2D eigenvalue weighted by Gasteiger charge is -2.55. The number of rotatable bonds is 3. The predicted octanol–water partition coefficient (Wildman–Crippen LogP) is 3.55. The molecule has 0 aromatic rings. The summed E-state index contributed by atoms with van der Waals surface area (Å²) >= 11 is 0. The third-order valence-electron chi connectivity index (χ3n) is 6.15. The second kappa shape index (κ2) is 6.13. The van der Waals surface area contributed by atoms with E-state index < -0.39 is 0 Å². The third kappa shape index (κ3) is 3.00. The summed E-state index contributed by atoms with van der Waals surface area (Å²) in [4.78, 5) is 2.75. The minimum absolute atomic E-state index is 0.703. The smallest absolute Gasteiger partial charge is 0.0247 e. The first kappa shape index (κ1) is 13.9. The van der Waals surface area contributed by atoms with E-state index in [2.05, 4.69) is 4.90 Å². The molecule has 3 fully saturated rings. The molecule has 19 heavy (non-hydrogen) atoms. The molecule has 2 heteroatoms. The van der Waals surface area contributed by atoms with Crippen LogP contribution in [0.2, 0.25) is 0 Å². The Morgan fingerprint density at radius 2 is 1.47 bits per heavy atom. The Bertz CT molecular complexity index is 267. The molecule has 0 aromatic carbocycles. The molecule has 3 rings (SSSR count). The molecule has 110 valence electrons. The maximum Gasteiger partial charge on any atom is 0.0247 e. The van der Waals surface area contributed by atoms with Crippen molar-refractivity contribution >= 4 is 0 Å². The monoisotopic (exact) mass is 264 g/mol. The van der Waals surface area contributed by atoms with Crippen LogP contribution in [-0.2, 0) is 0 Å². The van der Waals surface area contributed by atoms with Gasteiger partial charge in [-0.1, -0.05) is 44.9 Å². The van der Waals surface area contributed by atoms with Crippen molar-refractivity contribution in [1.82, 2.24) is 4.90 Å². The minimum Gasteiger partial charge on any atom is -0.329 e. The van der Waals surface area contributed by atoms with Crippen molar-refractivity contribution in [1.29, 1.82) is 0 Å². The van der Waals surface area contributed by atoms with Crippen molar-refractivity contribution in [3.8, 4) is 0 Å². The molecule has 1 atom stereocenters. The van der Waals surface area contributed by atoms with Crippen LogP contribution in [0.1, 0.15) is 70.6 Å². The fourth-order valence-corrected chi connectivity index (χ4v) is 5.00. The molecule has 2 aliphatic carbocycles. The Kier molecular flexibility index (Phi) is 4.48. The summed E-state index contributed by atoms with van der Waals surface area (Å²) < 4.78 is 0. The number of likely N-dealkylation sites (tertiary alicyclic amines) is 1. The topological polar surface area (TPSA) is 29.3 Å². The first-order chi connectivity index (χ1) is 9.33. The zero-order chi connectivity index (χ0) is 13.1. The summed E-state index contributed by atoms with van der Waals surface area (Å²) in [6.45, 7) is 3.62. The van der Waals surface area contributed by atoms with Crippen LogP contribution in [0.3, 0.4) is 0 Å². The average Bonchev–Trinajstić information content (AvgIpc) is 2.66. The highest BCUT2D eigenvalue weighted by Gasteiger charge is 2.46. The van der Waals surface area contributed by atoms with Gasteiger partial charge in [0.15, 0.2) is 0 Å². The molecule has 1 heterocycles. The summed E-state index contributed by atoms with van der Waals surface area (Å²) in [6.07, 6.45) is 16.1. The highest BCUT2D eigenvalue weighted by atomic mass is 15.2. The fraction of sp³-hybridized carbons (Fsp3) is 1.00. The molecule has 2 N–H and O–H groups in total. The SMILES string of the molecule is NCC(C1CCCCC1)N1CC2(CCCCCC2)C1. The van der Waals surface area contributed by atoms with E-state index in [1.807, 2.05) is 0 Å². The summed E-state index contributed by atoms with van der Waals surface area (Å²) in [5, 5.41) is 0. The molecule has 1 aliphatic heterocycles. The van der Waals surface area contributed by atoms with E-state index in [1.54, 1.807) is 0 Å². The van der Waals surface area contributed by atoms with E-state index >= 15 is 0 Å². The minimum atomic E-state index is 0.703. The van der Waals surface area contributed by atoms with Gasteiger partial charge in [-0.2, -0.15) is 0 Å². The first-order valence-corrected chi connectivity index (χ1v) is 8.77. The fourth-order valence-electron chi connectivity index (χ4n) is 5.00. The molecule has 0 radical (unpaired) electrons. The molecular weight excluding hydrogens is 232 g/mol. The summed E-state index contributed by atoms with van der Waals surface area (Å²) in [7, 11) is 0. The van der Waals surface area contributed by atoms with Crippen LogP contribution in [0.5, 0.6) is 0 Å². The maximum atomic E-state index is 6.12. The van der Waals surface area contributed by atoms with Crippen LogP contribution in [0.25, 0.3) is 0 Å². The van der Waals surface area contributed by atoms with E-state index in [9.17, 15) is 0 Å². The predicted molar refractivity (Wildman–Crippen MR) is 81.1 cm³/mol. The Hall–Kier alpha value is -0.0800. The van der Waals surface area contributed by atoms with Crippen LogP contribution in [0.15, 0.2) is 0 Å². The number of nitrogens with zero attached hydrogens (tertiary/aromatic N) is 1. The van der Waals surface area contributed by atoms with E-state index in [-0.39, 0.29) is 0 Å². The van der Waals surface area contributed by atoms with Gasteiger partial charge in [0.05, 0.1) is 0 Å². The molecule has 0 amide bonds. The van der Waals surface area contributed by atoms with E-state index in [0.717, 1.165) is 12.5 Å². The molecule has 1 unspecified atom stereocenters. The first-order valence-electron chi connectivity index (χ1n) is 8.77. The quantitative estimate of drug-likeness (QED) is 0.844. The number of hydrogen-bond acceptors (Lipinski definition) is 2. The summed E-state index contributed by atoms with van der Waals surface area (Å²) in [5.41, 5.74) is 6.83. The zero-order valence-corrected chi connectivity index (χ0v) is 12.6. The van der Waals surface area contributed by atoms with Crippen molar-refractivity contribution in [2.24, 2.45) is 17.1 Å². The van der Waals surface area contributed by atoms with E-state index in [4.69, 9.17) is 5.73 Å². The second-order valence-corrected chi connectivity index (χ2v) is 7.52. The number of hydrogen-bond donors (Lipinski definition) is 1. The molecule has 1 saturated heterocycles. The van der Waals surface area contributed by atoms with Crippen molar-refractivity contribution in [2.45, 2.75) is 76.7 Å². The van der Waals surface area contributed by atoms with Crippen molar-refractivity contribution in [3.05, 3.63) is 0 Å². The highest BCUT2D eigenvalue weighted by molar-refractivity contribution is 5.00. The Labute approximate surface area is 119 Å². The van der Waals surface area contributed by atoms with Gasteiger partial charge in [-0.3, -0.25) is 4.90 Å². The standard InChI is InChI=1S/C17H32N2/c18-12-16(15-8-4-3-5-9-15)19-13-17(14-19)10-6-1-2-7-11-17/h15-16H,1-14,18H2. The third-order valence-corrected chi connectivity index (χ3v) is 6.15. The maximum absolute atomic E-state index is 6.12. The molecule has 0 bridgehead atoms. The summed E-state index contributed by atoms with van der Waals surface area (Å²) in [6, 6.07) is 0.703. The van der Waals surface area contributed by atoms with Gasteiger partial charge < -0.3 is 5.73 Å². The van der Waals surface area contributed by atoms with E-state index in [0.29, 0.717) is 11.5 Å². The van der Waals surface area contributed by atoms with Gasteiger partial charge >= 0.3 is 0 Å². The van der Waals surface area contributed by atoms with Crippen molar-refractivity contribution in [2.75, 3.05) is 19.6 Å². The van der Waals surface area contributed by atoms with Gasteiger partial charge in [0.25, 0.3) is 0 Å². The Morgan fingerprint density at radius 1 is 0.895 bits per heavy atom. The zero-order valence-electron chi connectivity index (χ0n) is 12.6. The summed E-state index contributed by atoms with van der Waals surface area (Å²) in [5.74, 6) is 0.905. The van der Waals surface area contributed by atoms with Gasteiger partial charge in [0.2, 0.25) is 0 Å². The largest absolute Gasteiger partial charge is 0.329 e. The lowest BCUT2D eigenvalue weighted by molar-refractivity contribution is -0.0587. The van der Waals surface area contributed by atoms with Crippen molar-refractivity contribution < 1.29 is 0 Å². The van der Waals surface area contributed by atoms with Crippen molar-refractivity contribution in [3.63, 3.8) is 0 Å². The van der Waals surface area contributed by atoms with Crippen LogP contribution in [0, 0.1) is 11.3 Å². The average molecular weight is 264 g/mol. The van der Waals surface area contributed by atoms with Gasteiger partial charge in [0, 0.05) is 25.7 Å².